The second-order valence-electron chi connectivity index (χ2n) is 6.87. The maximum atomic E-state index is 14.0. The molecule has 12 heteroatoms. The van der Waals surface area contributed by atoms with Gasteiger partial charge in [0.15, 0.2) is 0 Å². The summed E-state index contributed by atoms with van der Waals surface area (Å²) in [5.74, 6) is -0.364. The van der Waals surface area contributed by atoms with Crippen LogP contribution in [0.15, 0.2) is 29.0 Å². The van der Waals surface area contributed by atoms with E-state index in [-0.39, 0.29) is 36.0 Å². The van der Waals surface area contributed by atoms with E-state index in [1.165, 1.54) is 12.4 Å². The van der Waals surface area contributed by atoms with Gasteiger partial charge in [-0.3, -0.25) is 10.1 Å². The predicted molar refractivity (Wildman–Crippen MR) is 115 cm³/mol. The van der Waals surface area contributed by atoms with Gasteiger partial charge in [-0.1, -0.05) is 15.9 Å². The number of amides is 1. The number of rotatable bonds is 7. The fraction of sp³-hybridized carbons (Fsp3) is 0.421. The normalized spacial score (nSPS) is 14.2. The van der Waals surface area contributed by atoms with Crippen molar-refractivity contribution in [1.82, 2.24) is 14.9 Å². The summed E-state index contributed by atoms with van der Waals surface area (Å²) >= 11 is 3.28. The van der Waals surface area contributed by atoms with E-state index in [4.69, 9.17) is 4.74 Å². The van der Waals surface area contributed by atoms with Crippen LogP contribution in [0.1, 0.15) is 25.3 Å². The Bertz CT molecular complexity index is 955. The highest BCUT2D eigenvalue weighted by atomic mass is 79.9. The van der Waals surface area contributed by atoms with Crippen LogP contribution >= 0.6 is 15.9 Å². The van der Waals surface area contributed by atoms with Crippen molar-refractivity contribution in [3.8, 4) is 0 Å². The fourth-order valence-electron chi connectivity index (χ4n) is 3.26. The molecule has 1 aromatic carbocycles. The van der Waals surface area contributed by atoms with Crippen LogP contribution in [-0.4, -0.2) is 51.6 Å². The van der Waals surface area contributed by atoms with Crippen LogP contribution in [0.4, 0.5) is 26.5 Å². The zero-order chi connectivity index (χ0) is 22.4. The summed E-state index contributed by atoms with van der Waals surface area (Å²) in [6, 6.07) is 4.37. The fourth-order valence-corrected chi connectivity index (χ4v) is 3.67. The van der Waals surface area contributed by atoms with Crippen molar-refractivity contribution in [3.63, 3.8) is 0 Å². The smallest absolute Gasteiger partial charge is 0.409 e. The molecule has 1 aliphatic heterocycles. The van der Waals surface area contributed by atoms with Gasteiger partial charge >= 0.3 is 11.8 Å². The van der Waals surface area contributed by atoms with Crippen molar-refractivity contribution in [1.29, 1.82) is 0 Å². The average Bonchev–Trinajstić information content (AvgIpc) is 2.75. The highest BCUT2D eigenvalue weighted by molar-refractivity contribution is 9.10. The molecule has 3 rings (SSSR count). The van der Waals surface area contributed by atoms with Crippen LogP contribution in [0.25, 0.3) is 0 Å². The van der Waals surface area contributed by atoms with Gasteiger partial charge in [0.2, 0.25) is 11.6 Å². The molecule has 2 heterocycles. The Morgan fingerprint density at radius 2 is 2.06 bits per heavy atom. The van der Waals surface area contributed by atoms with Crippen LogP contribution in [0.3, 0.4) is 0 Å². The Kier molecular flexibility index (Phi) is 7.55. The van der Waals surface area contributed by atoms with Gasteiger partial charge in [-0.25, -0.2) is 19.2 Å². The second kappa shape index (κ2) is 10.3. The quantitative estimate of drug-likeness (QED) is 0.436. The average molecular weight is 497 g/mol. The SMILES string of the molecule is CCOC(=O)N1CCC(Nc2ncnc(NCc3cc(Br)ccc3F)c2[N+](=O)[O-])CC1. The van der Waals surface area contributed by atoms with Gasteiger partial charge in [0.05, 0.1) is 11.5 Å². The molecule has 31 heavy (non-hydrogen) atoms. The Labute approximate surface area is 186 Å². The molecule has 1 amide bonds. The van der Waals surface area contributed by atoms with Crippen LogP contribution in [0.2, 0.25) is 0 Å². The number of hydrogen-bond donors (Lipinski definition) is 2. The molecule has 1 aliphatic rings. The largest absolute Gasteiger partial charge is 0.450 e. The topological polar surface area (TPSA) is 123 Å². The van der Waals surface area contributed by atoms with Crippen LogP contribution in [0.5, 0.6) is 0 Å². The first-order valence-electron chi connectivity index (χ1n) is 9.74. The molecule has 10 nitrogen and oxygen atoms in total. The molecular weight excluding hydrogens is 475 g/mol. The number of aromatic nitrogens is 2. The summed E-state index contributed by atoms with van der Waals surface area (Å²) in [5, 5.41) is 17.6. The first kappa shape index (κ1) is 22.7. The number of ether oxygens (including phenoxy) is 1. The third-order valence-corrected chi connectivity index (χ3v) is 5.31. The minimum Gasteiger partial charge on any atom is -0.450 e. The van der Waals surface area contributed by atoms with Gasteiger partial charge in [0.25, 0.3) is 0 Å². The summed E-state index contributed by atoms with van der Waals surface area (Å²) < 4.78 is 19.7. The molecule has 0 unspecified atom stereocenters. The maximum Gasteiger partial charge on any atom is 0.409 e. The van der Waals surface area contributed by atoms with Crippen molar-refractivity contribution < 1.29 is 18.8 Å². The Balaban J connectivity index is 1.70. The Morgan fingerprint density at radius 1 is 1.35 bits per heavy atom. The number of halogens is 2. The number of piperidine rings is 1. The molecule has 0 atom stereocenters. The highest BCUT2D eigenvalue weighted by Gasteiger charge is 2.28. The second-order valence-corrected chi connectivity index (χ2v) is 7.79. The molecule has 0 radical (unpaired) electrons. The van der Waals surface area contributed by atoms with Gasteiger partial charge in [0, 0.05) is 35.7 Å². The van der Waals surface area contributed by atoms with E-state index >= 15 is 0 Å². The lowest BCUT2D eigenvalue weighted by atomic mass is 10.1. The predicted octanol–water partition coefficient (Wildman–Crippen LogP) is 3.93. The molecule has 2 aromatic rings. The van der Waals surface area contributed by atoms with E-state index in [2.05, 4.69) is 36.5 Å². The lowest BCUT2D eigenvalue weighted by Gasteiger charge is -2.31. The van der Waals surface area contributed by atoms with E-state index in [1.807, 2.05) is 0 Å². The minimum absolute atomic E-state index is 0.00849. The third-order valence-electron chi connectivity index (χ3n) is 4.82. The van der Waals surface area contributed by atoms with Crippen LogP contribution in [0, 0.1) is 15.9 Å². The number of nitrogens with zero attached hydrogens (tertiary/aromatic N) is 4. The van der Waals surface area contributed by atoms with Crippen molar-refractivity contribution >= 4 is 39.3 Å². The molecule has 0 spiro atoms. The summed E-state index contributed by atoms with van der Waals surface area (Å²) in [7, 11) is 0. The molecule has 0 saturated carbocycles. The first-order valence-corrected chi connectivity index (χ1v) is 10.5. The molecule has 1 fully saturated rings. The number of carbonyl (C=O) groups excluding carboxylic acids is 1. The minimum atomic E-state index is -0.574. The zero-order valence-corrected chi connectivity index (χ0v) is 18.4. The van der Waals surface area contributed by atoms with Gasteiger partial charge < -0.3 is 20.3 Å². The number of nitro groups is 1. The van der Waals surface area contributed by atoms with Crippen molar-refractivity contribution in [3.05, 3.63) is 50.5 Å². The standard InChI is InChI=1S/C19H22BrFN6O4/c1-2-31-19(28)26-7-5-14(6-8-26)25-18-16(27(29)30)17(23-11-24-18)22-10-12-9-13(20)3-4-15(12)21/h3-4,9,11,14H,2,5-8,10H2,1H3,(H2,22,23,24,25). The number of benzene rings is 1. The van der Waals surface area contributed by atoms with E-state index in [9.17, 15) is 19.3 Å². The maximum absolute atomic E-state index is 14.0. The molecule has 0 aliphatic carbocycles. The summed E-state index contributed by atoms with van der Waals surface area (Å²) in [6.07, 6.45) is 2.03. The number of carbonyl (C=O) groups is 1. The van der Waals surface area contributed by atoms with Crippen molar-refractivity contribution in [2.45, 2.75) is 32.4 Å². The van der Waals surface area contributed by atoms with Gasteiger partial charge in [-0.05, 0) is 38.0 Å². The lowest BCUT2D eigenvalue weighted by Crippen LogP contribution is -2.42. The van der Waals surface area contributed by atoms with Crippen LogP contribution < -0.4 is 10.6 Å². The van der Waals surface area contributed by atoms with E-state index < -0.39 is 10.7 Å². The molecule has 166 valence electrons. The Morgan fingerprint density at radius 3 is 2.74 bits per heavy atom. The van der Waals surface area contributed by atoms with E-state index in [0.29, 0.717) is 42.6 Å². The Hall–Kier alpha value is -3.02. The third kappa shape index (κ3) is 5.78. The number of likely N-dealkylation sites (tertiary alicyclic amines) is 1. The molecular formula is C19H22BrFN6O4. The van der Waals surface area contributed by atoms with Gasteiger partial charge in [0.1, 0.15) is 12.1 Å². The summed E-state index contributed by atoms with van der Waals surface area (Å²) in [4.78, 5) is 32.6. The first-order chi connectivity index (χ1) is 14.9. The highest BCUT2D eigenvalue weighted by Crippen LogP contribution is 2.31. The van der Waals surface area contributed by atoms with Crippen LogP contribution in [-0.2, 0) is 11.3 Å². The summed E-state index contributed by atoms with van der Waals surface area (Å²) in [6.45, 7) is 3.02. The molecule has 2 N–H and O–H groups in total. The zero-order valence-electron chi connectivity index (χ0n) is 16.8. The summed E-state index contributed by atoms with van der Waals surface area (Å²) in [5.41, 5.74) is 0.0221. The van der Waals surface area contributed by atoms with Crippen molar-refractivity contribution in [2.75, 3.05) is 30.3 Å². The van der Waals surface area contributed by atoms with E-state index in [1.54, 1.807) is 24.0 Å². The van der Waals surface area contributed by atoms with Crippen molar-refractivity contribution in [2.24, 2.45) is 0 Å². The monoisotopic (exact) mass is 496 g/mol. The molecule has 1 saturated heterocycles. The lowest BCUT2D eigenvalue weighted by molar-refractivity contribution is -0.383. The number of anilines is 2. The number of nitrogens with one attached hydrogen (secondary N) is 2. The van der Waals surface area contributed by atoms with Gasteiger partial charge in [-0.15, -0.1) is 0 Å². The van der Waals surface area contributed by atoms with Gasteiger partial charge in [-0.2, -0.15) is 0 Å². The van der Waals surface area contributed by atoms with E-state index in [0.717, 1.165) is 0 Å². The number of hydrogen-bond acceptors (Lipinski definition) is 8. The molecule has 0 bridgehead atoms. The molecule has 1 aromatic heterocycles.